The van der Waals surface area contributed by atoms with Crippen LogP contribution in [0, 0.1) is 34.4 Å². The van der Waals surface area contributed by atoms with Crippen LogP contribution in [0.25, 0.3) is 32.8 Å². The van der Waals surface area contributed by atoms with Gasteiger partial charge in [-0.3, -0.25) is 4.90 Å². The molecule has 3 atom stereocenters. The quantitative estimate of drug-likeness (QED) is 0.132. The van der Waals surface area contributed by atoms with E-state index in [9.17, 15) is 19.6 Å². The van der Waals surface area contributed by atoms with Crippen molar-refractivity contribution in [1.82, 2.24) is 19.8 Å². The van der Waals surface area contributed by atoms with Gasteiger partial charge >= 0.3 is 12.1 Å². The fourth-order valence-corrected chi connectivity index (χ4v) is 15.4. The summed E-state index contributed by atoms with van der Waals surface area (Å²) in [6.07, 6.45) is -0.112. The molecular formula is C44H51F3N6O3Si. The second kappa shape index (κ2) is 15.8. The Balaban J connectivity index is 1.38. The molecule has 3 fully saturated rings. The Morgan fingerprint density at radius 1 is 1.00 bits per heavy atom. The molecule has 3 aromatic carbocycles. The smallest absolute Gasteiger partial charge is 0.407 e. The summed E-state index contributed by atoms with van der Waals surface area (Å²) in [4.78, 5) is 26.7. The molecule has 7 rings (SSSR count). The van der Waals surface area contributed by atoms with Gasteiger partial charge in [0.25, 0.3) is 0 Å². The summed E-state index contributed by atoms with van der Waals surface area (Å²) in [5.74, 6) is 2.53. The van der Waals surface area contributed by atoms with Crippen molar-refractivity contribution in [2.75, 3.05) is 44.2 Å². The number of hydrogen-bond donors (Lipinski definition) is 1. The maximum atomic E-state index is 17.4. The molecule has 300 valence electrons. The first-order valence-corrected chi connectivity index (χ1v) is 22.3. The first-order valence-electron chi connectivity index (χ1n) is 20.1. The summed E-state index contributed by atoms with van der Waals surface area (Å²) in [6, 6.07) is 13.3. The van der Waals surface area contributed by atoms with E-state index >= 15 is 8.78 Å². The van der Waals surface area contributed by atoms with Crippen LogP contribution >= 0.6 is 0 Å². The molecule has 1 aromatic heterocycles. The molecule has 0 saturated carbocycles. The number of aromatic nitrogens is 2. The monoisotopic (exact) mass is 796 g/mol. The van der Waals surface area contributed by atoms with Gasteiger partial charge in [0.05, 0.1) is 29.6 Å². The minimum Gasteiger partial charge on any atom is -0.465 e. The number of alkyl halides is 1. The molecule has 4 heterocycles. The molecule has 13 heteroatoms. The lowest BCUT2D eigenvalue weighted by Crippen LogP contribution is -2.55. The minimum atomic E-state index is -2.26. The summed E-state index contributed by atoms with van der Waals surface area (Å²) >= 11 is 0. The Kier molecular flexibility index (Phi) is 11.2. The number of rotatable bonds is 9. The summed E-state index contributed by atoms with van der Waals surface area (Å²) in [7, 11) is -2.26. The molecule has 0 radical (unpaired) electrons. The fraction of sp³-hybridized carbons (Fsp3) is 0.500. The van der Waals surface area contributed by atoms with Crippen molar-refractivity contribution in [1.29, 1.82) is 5.26 Å². The van der Waals surface area contributed by atoms with E-state index in [0.29, 0.717) is 51.7 Å². The normalized spacial score (nSPS) is 21.4. The van der Waals surface area contributed by atoms with Crippen LogP contribution in [0.1, 0.15) is 72.8 Å². The summed E-state index contributed by atoms with van der Waals surface area (Å²) < 4.78 is 54.4. The predicted octanol–water partition coefficient (Wildman–Crippen LogP) is 9.34. The number of anilines is 1. The number of halogens is 3. The van der Waals surface area contributed by atoms with E-state index < -0.39 is 43.6 Å². The Morgan fingerprint density at radius 2 is 1.75 bits per heavy atom. The van der Waals surface area contributed by atoms with Crippen molar-refractivity contribution in [2.24, 2.45) is 0 Å². The van der Waals surface area contributed by atoms with E-state index in [1.807, 2.05) is 17.0 Å². The highest BCUT2D eigenvalue weighted by molar-refractivity contribution is 6.90. The zero-order chi connectivity index (χ0) is 40.8. The van der Waals surface area contributed by atoms with Gasteiger partial charge in [-0.2, -0.15) is 15.2 Å². The van der Waals surface area contributed by atoms with Crippen LogP contribution in [0.5, 0.6) is 6.01 Å². The number of fused-ring (bicyclic) bond motifs is 3. The number of carboxylic acid groups (broad SMARTS) is 1. The molecule has 0 spiro atoms. The number of amides is 1. The van der Waals surface area contributed by atoms with Crippen LogP contribution in [-0.2, 0) is 0 Å². The highest BCUT2D eigenvalue weighted by atomic mass is 28.3. The van der Waals surface area contributed by atoms with Crippen LogP contribution in [0.3, 0.4) is 0 Å². The first kappa shape index (κ1) is 40.3. The van der Waals surface area contributed by atoms with Crippen molar-refractivity contribution in [2.45, 2.75) is 102 Å². The Labute approximate surface area is 333 Å². The fourth-order valence-electron chi connectivity index (χ4n) is 10.2. The maximum absolute atomic E-state index is 17.4. The molecule has 1 N–H and O–H groups in total. The lowest BCUT2D eigenvalue weighted by Gasteiger charge is -2.40. The second-order valence-electron chi connectivity index (χ2n) is 16.9. The van der Waals surface area contributed by atoms with Gasteiger partial charge < -0.3 is 19.6 Å². The highest BCUT2D eigenvalue weighted by Gasteiger charge is 2.49. The zero-order valence-corrected chi connectivity index (χ0v) is 34.6. The minimum absolute atomic E-state index is 0.0209. The van der Waals surface area contributed by atoms with Crippen molar-refractivity contribution in [3.63, 3.8) is 0 Å². The second-order valence-corrected chi connectivity index (χ2v) is 22.5. The van der Waals surface area contributed by atoms with Crippen molar-refractivity contribution < 1.29 is 27.8 Å². The first-order chi connectivity index (χ1) is 27.2. The van der Waals surface area contributed by atoms with E-state index in [1.54, 1.807) is 24.3 Å². The van der Waals surface area contributed by atoms with Crippen molar-refractivity contribution >= 4 is 41.7 Å². The zero-order valence-electron chi connectivity index (χ0n) is 33.6. The van der Waals surface area contributed by atoms with E-state index in [4.69, 9.17) is 9.72 Å². The Hall–Kier alpha value is -4.85. The topological polar surface area (TPSA) is 106 Å². The van der Waals surface area contributed by atoms with Gasteiger partial charge in [0, 0.05) is 48.9 Å². The molecule has 57 heavy (non-hydrogen) atoms. The number of nitriles is 1. The predicted molar refractivity (Wildman–Crippen MR) is 220 cm³/mol. The van der Waals surface area contributed by atoms with Gasteiger partial charge in [-0.25, -0.2) is 18.0 Å². The third-order valence-electron chi connectivity index (χ3n) is 12.9. The van der Waals surface area contributed by atoms with Crippen LogP contribution in [0.2, 0.25) is 16.6 Å². The van der Waals surface area contributed by atoms with E-state index in [1.165, 1.54) is 11.0 Å². The summed E-state index contributed by atoms with van der Waals surface area (Å²) in [6.45, 7) is 15.0. The van der Waals surface area contributed by atoms with Crippen LogP contribution in [0.15, 0.2) is 42.5 Å². The van der Waals surface area contributed by atoms with E-state index in [2.05, 4.69) is 69.0 Å². The van der Waals surface area contributed by atoms with Gasteiger partial charge in [-0.1, -0.05) is 77.8 Å². The van der Waals surface area contributed by atoms with E-state index in [0.717, 1.165) is 24.8 Å². The number of hydrogen-bond acceptors (Lipinski definition) is 7. The SMILES string of the molecule is CC(C)[Si](C#Cc1c(F)ccc2cccc(-c3ccc4c(N5CCN(C(=O)O)[C@@H](CC#N)C5)nc(OC[C@@]56CCCN5C[C@H](F)C6)nc4c3F)c12)(C(C)C)C(C)C. The average molecular weight is 797 g/mol. The van der Waals surface area contributed by atoms with Gasteiger partial charge in [-0.15, -0.1) is 5.54 Å². The number of ether oxygens (including phenoxy) is 1. The Morgan fingerprint density at radius 3 is 2.46 bits per heavy atom. The molecule has 0 bridgehead atoms. The molecule has 9 nitrogen and oxygen atoms in total. The standard InChI is InChI=1S/C44H51F3N6O3Si/c1-27(2)57(28(3)4,29(5)6)22-16-35-37(46)14-11-30-9-7-10-33(38(30)35)34-12-13-36-40(39(34)47)49-42(56-26-44-17-8-19-52(44)24-31(45)23-44)50-41(36)51-20-21-53(43(54)55)32(25-51)15-18-48/h7,9-14,27-29,31-32H,8,15,17,19-21,23-26H2,1-6H3,(H,54,55)/t31-,32+,44+/m1/s1. The number of carbonyl (C=O) groups is 1. The molecule has 0 unspecified atom stereocenters. The lowest BCUT2D eigenvalue weighted by molar-refractivity contribution is 0.107. The van der Waals surface area contributed by atoms with Gasteiger partial charge in [0.2, 0.25) is 0 Å². The lowest BCUT2D eigenvalue weighted by atomic mass is 9.93. The van der Waals surface area contributed by atoms with Crippen LogP contribution in [-0.4, -0.2) is 96.1 Å². The molecule has 3 saturated heterocycles. The third kappa shape index (κ3) is 7.18. The third-order valence-corrected chi connectivity index (χ3v) is 19.2. The number of piperazine rings is 1. The molecular weight excluding hydrogens is 746 g/mol. The maximum Gasteiger partial charge on any atom is 0.407 e. The number of nitrogens with zero attached hydrogens (tertiary/aromatic N) is 6. The van der Waals surface area contributed by atoms with Crippen molar-refractivity contribution in [3.8, 4) is 34.7 Å². The van der Waals surface area contributed by atoms with Gasteiger partial charge in [0.15, 0.2) is 5.82 Å². The Bertz CT molecular complexity index is 2280. The molecule has 0 aliphatic carbocycles. The molecule has 3 aliphatic rings. The largest absolute Gasteiger partial charge is 0.465 e. The molecule has 1 amide bonds. The average Bonchev–Trinajstić information content (AvgIpc) is 3.70. The van der Waals surface area contributed by atoms with E-state index in [-0.39, 0.29) is 55.3 Å². The van der Waals surface area contributed by atoms with Gasteiger partial charge in [0.1, 0.15) is 38.0 Å². The van der Waals surface area contributed by atoms with Crippen LogP contribution in [0.4, 0.5) is 23.8 Å². The van der Waals surface area contributed by atoms with Crippen LogP contribution < -0.4 is 9.64 Å². The summed E-state index contributed by atoms with van der Waals surface area (Å²) in [5.41, 5.74) is 5.02. The van der Waals surface area contributed by atoms with Crippen molar-refractivity contribution in [3.05, 3.63) is 59.7 Å². The number of benzene rings is 3. The highest BCUT2D eigenvalue weighted by Crippen LogP contribution is 2.43. The molecule has 4 aromatic rings. The summed E-state index contributed by atoms with van der Waals surface area (Å²) in [5, 5.41) is 21.0. The molecule has 3 aliphatic heterocycles. The van der Waals surface area contributed by atoms with Gasteiger partial charge in [-0.05, 0) is 59.1 Å².